The second kappa shape index (κ2) is 4.99. The van der Waals surface area contributed by atoms with Gasteiger partial charge in [-0.15, -0.1) is 0 Å². The maximum absolute atomic E-state index is 11.5. The highest BCUT2D eigenvalue weighted by Crippen LogP contribution is 2.18. The summed E-state index contributed by atoms with van der Waals surface area (Å²) < 4.78 is 0. The van der Waals surface area contributed by atoms with Crippen LogP contribution < -0.4 is 15.5 Å². The number of nitrogens with zero attached hydrogens (tertiary/aromatic N) is 3. The van der Waals surface area contributed by atoms with Crippen LogP contribution in [-0.2, 0) is 4.79 Å². The summed E-state index contributed by atoms with van der Waals surface area (Å²) in [5, 5.41) is 5.76. The zero-order valence-electron chi connectivity index (χ0n) is 10.2. The van der Waals surface area contributed by atoms with Gasteiger partial charge in [0, 0.05) is 31.9 Å². The van der Waals surface area contributed by atoms with Crippen molar-refractivity contribution in [3.8, 4) is 0 Å². The molecule has 2 heterocycles. The summed E-state index contributed by atoms with van der Waals surface area (Å²) >= 11 is 0. The molecule has 2 rings (SSSR count). The number of rotatable bonds is 2. The van der Waals surface area contributed by atoms with E-state index in [-0.39, 0.29) is 5.91 Å². The Kier molecular flexibility index (Phi) is 3.41. The van der Waals surface area contributed by atoms with Gasteiger partial charge in [-0.3, -0.25) is 4.79 Å². The van der Waals surface area contributed by atoms with Crippen molar-refractivity contribution in [3.05, 3.63) is 11.8 Å². The number of hydrogen-bond donors (Lipinski definition) is 2. The summed E-state index contributed by atoms with van der Waals surface area (Å²) in [7, 11) is 1.78. The molecule has 0 aromatic carbocycles. The van der Waals surface area contributed by atoms with Gasteiger partial charge in [0.25, 0.3) is 0 Å². The van der Waals surface area contributed by atoms with E-state index >= 15 is 0 Å². The summed E-state index contributed by atoms with van der Waals surface area (Å²) in [4.78, 5) is 22.1. The first kappa shape index (κ1) is 11.6. The molecule has 0 unspecified atom stereocenters. The minimum absolute atomic E-state index is 0.0477. The smallest absolute Gasteiger partial charge is 0.239 e. The molecule has 0 aliphatic carbocycles. The largest absolute Gasteiger partial charge is 0.357 e. The third-order valence-corrected chi connectivity index (χ3v) is 2.73. The summed E-state index contributed by atoms with van der Waals surface area (Å²) in [6.07, 6.45) is 2.71. The highest BCUT2D eigenvalue weighted by atomic mass is 16.2. The van der Waals surface area contributed by atoms with Gasteiger partial charge in [-0.05, 0) is 13.3 Å². The van der Waals surface area contributed by atoms with E-state index in [4.69, 9.17) is 0 Å². The highest BCUT2D eigenvalue weighted by molar-refractivity contribution is 5.81. The Balaban J connectivity index is 2.27. The first-order valence-electron chi connectivity index (χ1n) is 5.73. The molecule has 2 N–H and O–H groups in total. The van der Waals surface area contributed by atoms with Crippen molar-refractivity contribution >= 4 is 17.7 Å². The van der Waals surface area contributed by atoms with Gasteiger partial charge in [-0.25, -0.2) is 4.98 Å². The molecular formula is C11H17N5O. The van der Waals surface area contributed by atoms with E-state index < -0.39 is 0 Å². The third-order valence-electron chi connectivity index (χ3n) is 2.73. The summed E-state index contributed by atoms with van der Waals surface area (Å²) in [5.41, 5.74) is 0.985. The van der Waals surface area contributed by atoms with Crippen LogP contribution in [0.3, 0.4) is 0 Å². The molecule has 6 heteroatoms. The van der Waals surface area contributed by atoms with Crippen LogP contribution in [0.2, 0.25) is 0 Å². The summed E-state index contributed by atoms with van der Waals surface area (Å²) in [6.45, 7) is 3.89. The molecule has 17 heavy (non-hydrogen) atoms. The SMILES string of the molecule is CNc1ncc(C)c(N2CCCNC(=O)C2)n1. The van der Waals surface area contributed by atoms with E-state index in [1.54, 1.807) is 13.2 Å². The van der Waals surface area contributed by atoms with Crippen molar-refractivity contribution in [2.45, 2.75) is 13.3 Å². The number of anilines is 2. The van der Waals surface area contributed by atoms with Gasteiger partial charge < -0.3 is 15.5 Å². The number of carbonyl (C=O) groups excluding carboxylic acids is 1. The van der Waals surface area contributed by atoms with E-state index in [0.717, 1.165) is 30.9 Å². The van der Waals surface area contributed by atoms with Gasteiger partial charge in [0.15, 0.2) is 0 Å². The highest BCUT2D eigenvalue weighted by Gasteiger charge is 2.18. The van der Waals surface area contributed by atoms with Crippen LogP contribution in [0, 0.1) is 6.92 Å². The van der Waals surface area contributed by atoms with Crippen LogP contribution in [0.5, 0.6) is 0 Å². The monoisotopic (exact) mass is 235 g/mol. The Labute approximate surface area is 100 Å². The second-order valence-corrected chi connectivity index (χ2v) is 4.08. The Morgan fingerprint density at radius 1 is 1.53 bits per heavy atom. The molecule has 1 amide bonds. The number of nitrogens with one attached hydrogen (secondary N) is 2. The lowest BCUT2D eigenvalue weighted by atomic mass is 10.3. The van der Waals surface area contributed by atoms with E-state index in [9.17, 15) is 4.79 Å². The molecule has 0 saturated carbocycles. The van der Waals surface area contributed by atoms with Gasteiger partial charge in [-0.1, -0.05) is 0 Å². The van der Waals surface area contributed by atoms with Crippen molar-refractivity contribution < 1.29 is 4.79 Å². The zero-order chi connectivity index (χ0) is 12.3. The third kappa shape index (κ3) is 2.64. The lowest BCUT2D eigenvalue weighted by Crippen LogP contribution is -2.34. The average molecular weight is 235 g/mol. The lowest BCUT2D eigenvalue weighted by Gasteiger charge is -2.22. The van der Waals surface area contributed by atoms with E-state index in [1.807, 2.05) is 11.8 Å². The van der Waals surface area contributed by atoms with Crippen LogP contribution in [0.1, 0.15) is 12.0 Å². The van der Waals surface area contributed by atoms with Gasteiger partial charge in [0.05, 0.1) is 6.54 Å². The fraction of sp³-hybridized carbons (Fsp3) is 0.545. The number of aromatic nitrogens is 2. The van der Waals surface area contributed by atoms with Crippen LogP contribution >= 0.6 is 0 Å². The van der Waals surface area contributed by atoms with Gasteiger partial charge in [0.1, 0.15) is 5.82 Å². The molecule has 0 spiro atoms. The summed E-state index contributed by atoms with van der Waals surface area (Å²) in [6, 6.07) is 0. The van der Waals surface area contributed by atoms with Crippen molar-refractivity contribution in [2.75, 3.05) is 36.9 Å². The molecule has 6 nitrogen and oxygen atoms in total. The molecule has 0 atom stereocenters. The Bertz CT molecular complexity index is 420. The molecule has 92 valence electrons. The van der Waals surface area contributed by atoms with Crippen LogP contribution in [0.25, 0.3) is 0 Å². The van der Waals surface area contributed by atoms with Crippen LogP contribution in [0.4, 0.5) is 11.8 Å². The topological polar surface area (TPSA) is 70.2 Å². The van der Waals surface area contributed by atoms with E-state index in [1.165, 1.54) is 0 Å². The van der Waals surface area contributed by atoms with Crippen molar-refractivity contribution in [1.29, 1.82) is 0 Å². The molecular weight excluding hydrogens is 218 g/mol. The van der Waals surface area contributed by atoms with Crippen LogP contribution in [-0.4, -0.2) is 42.6 Å². The Morgan fingerprint density at radius 3 is 3.12 bits per heavy atom. The molecule has 1 fully saturated rings. The van der Waals surface area contributed by atoms with Gasteiger partial charge in [0.2, 0.25) is 11.9 Å². The normalized spacial score (nSPS) is 16.4. The molecule has 1 aliphatic rings. The standard InChI is InChI=1S/C11H17N5O/c1-8-6-14-11(12-2)15-10(8)16-5-3-4-13-9(17)7-16/h6H,3-5,7H2,1-2H3,(H,13,17)(H,12,14,15). The quantitative estimate of drug-likeness (QED) is 0.763. The van der Waals surface area contributed by atoms with Gasteiger partial charge >= 0.3 is 0 Å². The molecule has 1 saturated heterocycles. The lowest BCUT2D eigenvalue weighted by molar-refractivity contribution is -0.119. The number of amides is 1. The fourth-order valence-electron chi connectivity index (χ4n) is 1.86. The summed E-state index contributed by atoms with van der Waals surface area (Å²) in [5.74, 6) is 1.46. The number of aryl methyl sites for hydroxylation is 1. The minimum Gasteiger partial charge on any atom is -0.357 e. The maximum atomic E-state index is 11.5. The Morgan fingerprint density at radius 2 is 2.35 bits per heavy atom. The first-order valence-corrected chi connectivity index (χ1v) is 5.73. The van der Waals surface area contributed by atoms with Crippen molar-refractivity contribution in [1.82, 2.24) is 15.3 Å². The first-order chi connectivity index (χ1) is 8.20. The number of hydrogen-bond acceptors (Lipinski definition) is 5. The predicted molar refractivity (Wildman–Crippen MR) is 66.2 cm³/mol. The van der Waals surface area contributed by atoms with E-state index in [2.05, 4.69) is 20.6 Å². The Hall–Kier alpha value is -1.85. The molecule has 1 aromatic heterocycles. The molecule has 1 aromatic rings. The second-order valence-electron chi connectivity index (χ2n) is 4.08. The molecule has 0 radical (unpaired) electrons. The number of carbonyl (C=O) groups is 1. The zero-order valence-corrected chi connectivity index (χ0v) is 10.2. The fourth-order valence-corrected chi connectivity index (χ4v) is 1.86. The van der Waals surface area contributed by atoms with Crippen molar-refractivity contribution in [2.24, 2.45) is 0 Å². The maximum Gasteiger partial charge on any atom is 0.239 e. The predicted octanol–water partition coefficient (Wildman–Crippen LogP) is 0.153. The van der Waals surface area contributed by atoms with Crippen LogP contribution in [0.15, 0.2) is 6.20 Å². The average Bonchev–Trinajstić information content (AvgIpc) is 2.54. The van der Waals surface area contributed by atoms with Gasteiger partial charge in [-0.2, -0.15) is 4.98 Å². The van der Waals surface area contributed by atoms with Crippen molar-refractivity contribution in [3.63, 3.8) is 0 Å². The minimum atomic E-state index is 0.0477. The van der Waals surface area contributed by atoms with E-state index in [0.29, 0.717) is 12.5 Å². The molecule has 1 aliphatic heterocycles. The molecule has 0 bridgehead atoms.